The number of ether oxygens (including phenoxy) is 2. The van der Waals surface area contributed by atoms with Gasteiger partial charge < -0.3 is 9.47 Å². The lowest BCUT2D eigenvalue weighted by molar-refractivity contribution is -0.154. The normalized spacial score (nSPS) is 13.3. The van der Waals surface area contributed by atoms with Crippen LogP contribution in [-0.4, -0.2) is 48.8 Å². The number of halogens is 4. The summed E-state index contributed by atoms with van der Waals surface area (Å²) >= 11 is 3.09. The second-order valence-electron chi connectivity index (χ2n) is 5.23. The van der Waals surface area contributed by atoms with E-state index in [0.29, 0.717) is 12.2 Å². The number of alkyl halides is 3. The van der Waals surface area contributed by atoms with Crippen molar-refractivity contribution in [2.24, 2.45) is 0 Å². The topological polar surface area (TPSA) is 79.4 Å². The van der Waals surface area contributed by atoms with Crippen LogP contribution in [0.1, 0.15) is 20.1 Å². The molecule has 140 valence electrons. The van der Waals surface area contributed by atoms with Crippen molar-refractivity contribution in [1.29, 1.82) is 0 Å². The van der Waals surface area contributed by atoms with Gasteiger partial charge in [-0.2, -0.15) is 27.8 Å². The van der Waals surface area contributed by atoms with Crippen LogP contribution in [0.2, 0.25) is 0 Å². The molecule has 1 unspecified atom stereocenters. The van der Waals surface area contributed by atoms with Crippen LogP contribution in [0.3, 0.4) is 0 Å². The number of hydrogen-bond acceptors (Lipinski definition) is 6. The van der Waals surface area contributed by atoms with Gasteiger partial charge >= 0.3 is 6.18 Å². The zero-order valence-corrected chi connectivity index (χ0v) is 15.3. The fourth-order valence-corrected chi connectivity index (χ4v) is 2.60. The summed E-state index contributed by atoms with van der Waals surface area (Å²) in [5, 5.41) is 8.17. The Morgan fingerprint density at radius 2 is 2.08 bits per heavy atom. The van der Waals surface area contributed by atoms with E-state index in [9.17, 15) is 13.2 Å². The van der Waals surface area contributed by atoms with E-state index >= 15 is 0 Å². The molecule has 0 aliphatic rings. The monoisotopic (exact) mass is 434 g/mol. The van der Waals surface area contributed by atoms with Gasteiger partial charge in [-0.1, -0.05) is 0 Å². The Bertz CT molecular complexity index is 910. The number of aromatic nitrogens is 6. The molecule has 12 heteroatoms. The fourth-order valence-electron chi connectivity index (χ4n) is 2.26. The Morgan fingerprint density at radius 1 is 1.31 bits per heavy atom. The second-order valence-corrected chi connectivity index (χ2v) is 5.94. The third-order valence-electron chi connectivity index (χ3n) is 3.34. The Balaban J connectivity index is 2.04. The van der Waals surface area contributed by atoms with Crippen LogP contribution in [0.15, 0.2) is 23.3 Å². The smallest absolute Gasteiger partial charge is 0.422 e. The molecule has 3 heterocycles. The highest BCUT2D eigenvalue weighted by atomic mass is 79.9. The summed E-state index contributed by atoms with van der Waals surface area (Å²) in [6.07, 6.45) is -0.378. The number of rotatable bonds is 6. The molecule has 0 aromatic carbocycles. The molecule has 0 bridgehead atoms. The molecular formula is C14H14BrF3N6O2. The lowest BCUT2D eigenvalue weighted by atomic mass is 10.2. The van der Waals surface area contributed by atoms with Gasteiger partial charge in [0.05, 0.1) is 12.4 Å². The summed E-state index contributed by atoms with van der Waals surface area (Å²) < 4.78 is 51.2. The largest absolute Gasteiger partial charge is 0.466 e. The van der Waals surface area contributed by atoms with Crippen LogP contribution in [0.4, 0.5) is 13.2 Å². The van der Waals surface area contributed by atoms with Crippen molar-refractivity contribution in [3.05, 3.63) is 23.3 Å². The first-order valence-corrected chi connectivity index (χ1v) is 8.34. The first kappa shape index (κ1) is 18.6. The maximum atomic E-state index is 12.6. The SMILES string of the molecule is CCOC(C)n1cc(-c2ncc3nc(Br)nn3c2OCC(F)(F)F)cn1. The van der Waals surface area contributed by atoms with Crippen molar-refractivity contribution in [3.63, 3.8) is 0 Å². The van der Waals surface area contributed by atoms with Gasteiger partial charge in [0, 0.05) is 18.4 Å². The highest BCUT2D eigenvalue weighted by molar-refractivity contribution is 9.10. The molecule has 0 aliphatic carbocycles. The molecule has 8 nitrogen and oxygen atoms in total. The molecule has 26 heavy (non-hydrogen) atoms. The van der Waals surface area contributed by atoms with Crippen LogP contribution in [0.5, 0.6) is 5.88 Å². The Kier molecular flexibility index (Phi) is 5.14. The Labute approximate surface area is 154 Å². The summed E-state index contributed by atoms with van der Waals surface area (Å²) in [5.41, 5.74) is 0.865. The van der Waals surface area contributed by atoms with Crippen LogP contribution in [0.25, 0.3) is 16.9 Å². The molecule has 0 fully saturated rings. The molecule has 3 aromatic heterocycles. The highest BCUT2D eigenvalue weighted by Crippen LogP contribution is 2.30. The summed E-state index contributed by atoms with van der Waals surface area (Å²) in [6.45, 7) is 2.66. The third kappa shape index (κ3) is 3.96. The molecule has 0 saturated heterocycles. The third-order valence-corrected chi connectivity index (χ3v) is 3.67. The average molecular weight is 435 g/mol. The van der Waals surface area contributed by atoms with E-state index in [1.165, 1.54) is 17.1 Å². The minimum absolute atomic E-state index is 0.161. The van der Waals surface area contributed by atoms with Crippen molar-refractivity contribution in [3.8, 4) is 17.1 Å². The number of fused-ring (bicyclic) bond motifs is 1. The predicted octanol–water partition coefficient (Wildman–Crippen LogP) is 3.25. The van der Waals surface area contributed by atoms with Crippen LogP contribution in [-0.2, 0) is 4.74 Å². The fraction of sp³-hybridized carbons (Fsp3) is 0.429. The predicted molar refractivity (Wildman–Crippen MR) is 87.6 cm³/mol. The van der Waals surface area contributed by atoms with E-state index in [0.717, 1.165) is 4.52 Å². The van der Waals surface area contributed by atoms with Crippen molar-refractivity contribution < 1.29 is 22.6 Å². The molecular weight excluding hydrogens is 421 g/mol. The molecule has 0 spiro atoms. The molecule has 0 radical (unpaired) electrons. The van der Waals surface area contributed by atoms with Crippen LogP contribution >= 0.6 is 15.9 Å². The first-order valence-electron chi connectivity index (χ1n) is 7.55. The van der Waals surface area contributed by atoms with E-state index < -0.39 is 12.8 Å². The number of hydrogen-bond donors (Lipinski definition) is 0. The van der Waals surface area contributed by atoms with Crippen molar-refractivity contribution in [1.82, 2.24) is 29.4 Å². The summed E-state index contributed by atoms with van der Waals surface area (Å²) in [6, 6.07) is 0. The van der Waals surface area contributed by atoms with E-state index in [1.807, 2.05) is 6.92 Å². The lowest BCUT2D eigenvalue weighted by Gasteiger charge is -2.13. The van der Waals surface area contributed by atoms with E-state index in [4.69, 9.17) is 9.47 Å². The van der Waals surface area contributed by atoms with E-state index in [1.54, 1.807) is 13.1 Å². The number of nitrogens with zero attached hydrogens (tertiary/aromatic N) is 6. The minimum atomic E-state index is -4.51. The maximum absolute atomic E-state index is 12.6. The molecule has 3 rings (SSSR count). The van der Waals surface area contributed by atoms with E-state index in [2.05, 4.69) is 36.1 Å². The summed E-state index contributed by atoms with van der Waals surface area (Å²) in [7, 11) is 0. The molecule has 0 amide bonds. The Hall–Kier alpha value is -2.21. The molecule has 0 aliphatic heterocycles. The Morgan fingerprint density at radius 3 is 2.77 bits per heavy atom. The van der Waals surface area contributed by atoms with Gasteiger partial charge in [0.1, 0.15) is 11.9 Å². The minimum Gasteiger partial charge on any atom is -0.466 e. The van der Waals surface area contributed by atoms with Gasteiger partial charge in [-0.05, 0) is 29.8 Å². The van der Waals surface area contributed by atoms with Gasteiger partial charge in [-0.3, -0.25) is 0 Å². The van der Waals surface area contributed by atoms with Gasteiger partial charge in [0.2, 0.25) is 10.6 Å². The maximum Gasteiger partial charge on any atom is 0.422 e. The van der Waals surface area contributed by atoms with Gasteiger partial charge in [-0.15, -0.1) is 5.10 Å². The van der Waals surface area contributed by atoms with Gasteiger partial charge in [0.25, 0.3) is 0 Å². The van der Waals surface area contributed by atoms with Crippen LogP contribution < -0.4 is 4.74 Å². The summed E-state index contributed by atoms with van der Waals surface area (Å²) in [5.74, 6) is -0.179. The standard InChI is InChI=1S/C14H14BrF3N6O2/c1-3-25-8(2)23-6-9(4-20-23)11-12(26-7-14(16,17)18)24-10(5-19-11)21-13(15)22-24/h4-6,8H,3,7H2,1-2H3. The molecule has 0 N–H and O–H groups in total. The molecule has 1 atom stereocenters. The van der Waals surface area contributed by atoms with Crippen molar-refractivity contribution in [2.75, 3.05) is 13.2 Å². The van der Waals surface area contributed by atoms with Crippen LogP contribution in [0, 0.1) is 0 Å². The first-order chi connectivity index (χ1) is 12.3. The molecule has 3 aromatic rings. The highest BCUT2D eigenvalue weighted by Gasteiger charge is 2.30. The summed E-state index contributed by atoms with van der Waals surface area (Å²) in [4.78, 5) is 8.19. The van der Waals surface area contributed by atoms with Gasteiger partial charge in [0.15, 0.2) is 12.3 Å². The van der Waals surface area contributed by atoms with Gasteiger partial charge in [-0.25, -0.2) is 9.67 Å². The second kappa shape index (κ2) is 7.19. The van der Waals surface area contributed by atoms with Crippen molar-refractivity contribution >= 4 is 21.6 Å². The lowest BCUT2D eigenvalue weighted by Crippen LogP contribution is -2.21. The average Bonchev–Trinajstić information content (AvgIpc) is 3.17. The van der Waals surface area contributed by atoms with E-state index in [-0.39, 0.29) is 28.2 Å². The zero-order chi connectivity index (χ0) is 18.9. The quantitative estimate of drug-likeness (QED) is 0.592. The molecule has 0 saturated carbocycles. The van der Waals surface area contributed by atoms with Crippen molar-refractivity contribution in [2.45, 2.75) is 26.3 Å². The zero-order valence-electron chi connectivity index (χ0n) is 13.7.